The van der Waals surface area contributed by atoms with E-state index in [9.17, 15) is 0 Å². The van der Waals surface area contributed by atoms with Crippen molar-refractivity contribution in [3.05, 3.63) is 24.7 Å². The number of hydrogen-bond donors (Lipinski definition) is 0. The lowest BCUT2D eigenvalue weighted by Gasteiger charge is -2.35. The molecule has 0 amide bonds. The maximum atomic E-state index is 5.12. The van der Waals surface area contributed by atoms with Crippen LogP contribution in [0.1, 0.15) is 0 Å². The summed E-state index contributed by atoms with van der Waals surface area (Å²) in [7, 11) is 1.75. The first-order valence-electron chi connectivity index (χ1n) is 6.63. The van der Waals surface area contributed by atoms with E-state index in [4.69, 9.17) is 4.74 Å². The van der Waals surface area contributed by atoms with Gasteiger partial charge in [0.05, 0.1) is 12.8 Å². The maximum Gasteiger partial charge on any atom is 0.154 e. The van der Waals surface area contributed by atoms with Crippen molar-refractivity contribution in [3.8, 4) is 0 Å². The van der Waals surface area contributed by atoms with E-state index in [1.165, 1.54) is 0 Å². The molecule has 102 valence electrons. The Balaban J connectivity index is 1.69. The Morgan fingerprint density at radius 1 is 1.21 bits per heavy atom. The molecule has 0 radical (unpaired) electrons. The lowest BCUT2D eigenvalue weighted by Crippen LogP contribution is -2.47. The van der Waals surface area contributed by atoms with Gasteiger partial charge in [-0.2, -0.15) is 5.10 Å². The van der Waals surface area contributed by atoms with Crippen LogP contribution >= 0.6 is 0 Å². The number of piperazine rings is 1. The van der Waals surface area contributed by atoms with Gasteiger partial charge in [-0.3, -0.25) is 4.90 Å². The van der Waals surface area contributed by atoms with Gasteiger partial charge in [-0.05, 0) is 6.07 Å². The molecule has 0 unspecified atom stereocenters. The number of ether oxygens (including phenoxy) is 1. The molecular weight excluding hydrogens is 242 g/mol. The third-order valence-corrected chi connectivity index (χ3v) is 3.59. The highest BCUT2D eigenvalue weighted by Crippen LogP contribution is 2.19. The van der Waals surface area contributed by atoms with Crippen LogP contribution in [-0.2, 0) is 4.74 Å². The van der Waals surface area contributed by atoms with E-state index in [1.54, 1.807) is 7.11 Å². The molecule has 0 atom stereocenters. The SMILES string of the molecule is COCCN1CCN(c2nccn3nccc23)CC1. The van der Waals surface area contributed by atoms with E-state index in [0.717, 1.165) is 50.7 Å². The van der Waals surface area contributed by atoms with Gasteiger partial charge in [-0.1, -0.05) is 0 Å². The highest BCUT2D eigenvalue weighted by Gasteiger charge is 2.19. The fraction of sp³-hybridized carbons (Fsp3) is 0.538. The van der Waals surface area contributed by atoms with Crippen LogP contribution in [0.5, 0.6) is 0 Å². The fourth-order valence-corrected chi connectivity index (χ4v) is 2.49. The summed E-state index contributed by atoms with van der Waals surface area (Å²) in [5.41, 5.74) is 1.08. The Morgan fingerprint density at radius 3 is 2.84 bits per heavy atom. The second kappa shape index (κ2) is 5.54. The third kappa shape index (κ3) is 2.54. The molecule has 1 aliphatic heterocycles. The van der Waals surface area contributed by atoms with Crippen molar-refractivity contribution in [2.24, 2.45) is 0 Å². The molecule has 1 fully saturated rings. The number of rotatable bonds is 4. The zero-order chi connectivity index (χ0) is 13.1. The zero-order valence-corrected chi connectivity index (χ0v) is 11.2. The van der Waals surface area contributed by atoms with Crippen molar-refractivity contribution in [3.63, 3.8) is 0 Å². The van der Waals surface area contributed by atoms with Gasteiger partial charge in [0.2, 0.25) is 0 Å². The molecule has 3 heterocycles. The topological polar surface area (TPSA) is 45.9 Å². The molecule has 3 rings (SSSR count). The number of fused-ring (bicyclic) bond motifs is 1. The predicted molar refractivity (Wildman–Crippen MR) is 73.5 cm³/mol. The van der Waals surface area contributed by atoms with Crippen molar-refractivity contribution in [2.45, 2.75) is 0 Å². The van der Waals surface area contributed by atoms with Crippen LogP contribution in [-0.4, -0.2) is 65.9 Å². The van der Waals surface area contributed by atoms with Crippen molar-refractivity contribution in [1.29, 1.82) is 0 Å². The average Bonchev–Trinajstić information content (AvgIpc) is 2.94. The monoisotopic (exact) mass is 261 g/mol. The van der Waals surface area contributed by atoms with Crippen LogP contribution in [0.25, 0.3) is 5.52 Å². The summed E-state index contributed by atoms with van der Waals surface area (Å²) in [4.78, 5) is 9.27. The van der Waals surface area contributed by atoms with Crippen LogP contribution in [0.4, 0.5) is 5.82 Å². The summed E-state index contributed by atoms with van der Waals surface area (Å²) in [6, 6.07) is 2.01. The molecule has 6 heteroatoms. The molecule has 6 nitrogen and oxygen atoms in total. The van der Waals surface area contributed by atoms with E-state index >= 15 is 0 Å². The minimum atomic E-state index is 0.802. The second-order valence-corrected chi connectivity index (χ2v) is 4.73. The molecule has 1 aliphatic rings. The zero-order valence-electron chi connectivity index (χ0n) is 11.2. The Bertz CT molecular complexity index is 533. The lowest BCUT2D eigenvalue weighted by atomic mass is 10.3. The Kier molecular flexibility index (Phi) is 3.61. The summed E-state index contributed by atoms with van der Waals surface area (Å²) in [5, 5.41) is 4.25. The van der Waals surface area contributed by atoms with Crippen LogP contribution in [0, 0.1) is 0 Å². The minimum absolute atomic E-state index is 0.802. The molecule has 0 N–H and O–H groups in total. The van der Waals surface area contributed by atoms with Gasteiger partial charge < -0.3 is 9.64 Å². The highest BCUT2D eigenvalue weighted by atomic mass is 16.5. The normalized spacial score (nSPS) is 17.2. The number of methoxy groups -OCH3 is 1. The van der Waals surface area contributed by atoms with Gasteiger partial charge in [0.15, 0.2) is 5.82 Å². The van der Waals surface area contributed by atoms with Crippen molar-refractivity contribution in [1.82, 2.24) is 19.5 Å². The van der Waals surface area contributed by atoms with Gasteiger partial charge in [-0.25, -0.2) is 9.50 Å². The molecule has 0 aromatic carbocycles. The van der Waals surface area contributed by atoms with Crippen molar-refractivity contribution in [2.75, 3.05) is 51.3 Å². The molecule has 19 heavy (non-hydrogen) atoms. The van der Waals surface area contributed by atoms with E-state index in [-0.39, 0.29) is 0 Å². The molecule has 2 aromatic rings. The summed E-state index contributed by atoms with van der Waals surface area (Å²) >= 11 is 0. The van der Waals surface area contributed by atoms with Crippen LogP contribution in [0.15, 0.2) is 24.7 Å². The molecule has 2 aromatic heterocycles. The van der Waals surface area contributed by atoms with Gasteiger partial charge in [-0.15, -0.1) is 0 Å². The maximum absolute atomic E-state index is 5.12. The highest BCUT2D eigenvalue weighted by molar-refractivity contribution is 5.68. The largest absolute Gasteiger partial charge is 0.383 e. The van der Waals surface area contributed by atoms with Gasteiger partial charge >= 0.3 is 0 Å². The first-order valence-corrected chi connectivity index (χ1v) is 6.63. The Morgan fingerprint density at radius 2 is 2.05 bits per heavy atom. The smallest absolute Gasteiger partial charge is 0.154 e. The molecule has 0 spiro atoms. The van der Waals surface area contributed by atoms with E-state index < -0.39 is 0 Å². The number of hydrogen-bond acceptors (Lipinski definition) is 5. The van der Waals surface area contributed by atoms with Crippen LogP contribution in [0.2, 0.25) is 0 Å². The van der Waals surface area contributed by atoms with Crippen LogP contribution < -0.4 is 4.90 Å². The average molecular weight is 261 g/mol. The minimum Gasteiger partial charge on any atom is -0.383 e. The van der Waals surface area contributed by atoms with E-state index in [2.05, 4.69) is 19.9 Å². The van der Waals surface area contributed by atoms with E-state index in [1.807, 2.05) is 29.2 Å². The summed E-state index contributed by atoms with van der Waals surface area (Å²) < 4.78 is 7.00. The van der Waals surface area contributed by atoms with Gasteiger partial charge in [0, 0.05) is 52.2 Å². The first-order chi connectivity index (χ1) is 9.38. The van der Waals surface area contributed by atoms with Gasteiger partial charge in [0.1, 0.15) is 5.52 Å². The molecule has 0 aliphatic carbocycles. The summed E-state index contributed by atoms with van der Waals surface area (Å²) in [5.74, 6) is 1.03. The second-order valence-electron chi connectivity index (χ2n) is 4.73. The molecule has 1 saturated heterocycles. The Labute approximate surface area is 112 Å². The molecule has 0 saturated carbocycles. The first kappa shape index (κ1) is 12.4. The third-order valence-electron chi connectivity index (χ3n) is 3.59. The fourth-order valence-electron chi connectivity index (χ4n) is 2.49. The van der Waals surface area contributed by atoms with E-state index in [0.29, 0.717) is 0 Å². The van der Waals surface area contributed by atoms with Crippen LogP contribution in [0.3, 0.4) is 0 Å². The number of anilines is 1. The predicted octanol–water partition coefficient (Wildman–Crippen LogP) is 0.498. The van der Waals surface area contributed by atoms with Crippen molar-refractivity contribution >= 4 is 11.3 Å². The number of aromatic nitrogens is 3. The lowest BCUT2D eigenvalue weighted by molar-refractivity contribution is 0.144. The summed E-state index contributed by atoms with van der Waals surface area (Å²) in [6.07, 6.45) is 5.51. The molecular formula is C13H19N5O. The van der Waals surface area contributed by atoms with Gasteiger partial charge in [0.25, 0.3) is 0 Å². The Hall–Kier alpha value is -1.66. The molecule has 0 bridgehead atoms. The standard InChI is InChI=1S/C13H19N5O/c1-19-11-10-16-6-8-17(9-7-16)13-12-2-3-15-18(12)5-4-14-13/h2-5H,6-11H2,1H3. The summed E-state index contributed by atoms with van der Waals surface area (Å²) in [6.45, 7) is 5.93. The number of nitrogens with zero attached hydrogens (tertiary/aromatic N) is 5. The van der Waals surface area contributed by atoms with Crippen molar-refractivity contribution < 1.29 is 4.74 Å². The quantitative estimate of drug-likeness (QED) is 0.802.